The van der Waals surface area contributed by atoms with Crippen molar-refractivity contribution in [2.24, 2.45) is 0 Å². The van der Waals surface area contributed by atoms with E-state index in [0.717, 1.165) is 27.9 Å². The molecule has 3 nitrogen and oxygen atoms in total. The molecule has 0 radical (unpaired) electrons. The third-order valence-corrected chi connectivity index (χ3v) is 3.01. The van der Waals surface area contributed by atoms with Gasteiger partial charge in [0, 0.05) is 16.6 Å². The Labute approximate surface area is 124 Å². The third kappa shape index (κ3) is 5.93. The molecule has 0 unspecified atom stereocenters. The molecule has 0 fully saturated rings. The van der Waals surface area contributed by atoms with Gasteiger partial charge in [0.05, 0.1) is 12.2 Å². The van der Waals surface area contributed by atoms with Crippen molar-refractivity contribution in [3.05, 3.63) is 27.7 Å². The minimum absolute atomic E-state index is 0.119. The van der Waals surface area contributed by atoms with Gasteiger partial charge in [0.15, 0.2) is 0 Å². The van der Waals surface area contributed by atoms with Gasteiger partial charge in [0.2, 0.25) is 0 Å². The molecule has 19 heavy (non-hydrogen) atoms. The van der Waals surface area contributed by atoms with E-state index < -0.39 is 0 Å². The fraction of sp³-hybridized carbons (Fsp3) is 0.600. The molecule has 0 atom stereocenters. The standard InChI is InChI=1S/C15H24BrNO2/c1-11-8-13(16)9-12(10-17-5)14(11)18-6-7-19-15(2,3)4/h8-9,17H,6-7,10H2,1-5H3. The third-order valence-electron chi connectivity index (χ3n) is 2.55. The smallest absolute Gasteiger partial charge is 0.126 e. The second-order valence-corrected chi connectivity index (χ2v) is 6.47. The van der Waals surface area contributed by atoms with Gasteiger partial charge in [-0.3, -0.25) is 0 Å². The highest BCUT2D eigenvalue weighted by atomic mass is 79.9. The first kappa shape index (κ1) is 16.5. The van der Waals surface area contributed by atoms with Crippen molar-refractivity contribution in [1.82, 2.24) is 5.32 Å². The molecule has 1 aromatic carbocycles. The van der Waals surface area contributed by atoms with E-state index in [4.69, 9.17) is 9.47 Å². The molecule has 0 bridgehead atoms. The van der Waals surface area contributed by atoms with Crippen LogP contribution in [-0.2, 0) is 11.3 Å². The van der Waals surface area contributed by atoms with E-state index in [9.17, 15) is 0 Å². The van der Waals surface area contributed by atoms with Crippen molar-refractivity contribution >= 4 is 15.9 Å². The van der Waals surface area contributed by atoms with Crippen LogP contribution in [0.2, 0.25) is 0 Å². The van der Waals surface area contributed by atoms with Crippen molar-refractivity contribution in [3.63, 3.8) is 0 Å². The van der Waals surface area contributed by atoms with Crippen LogP contribution in [-0.4, -0.2) is 25.9 Å². The Bertz CT molecular complexity index is 413. The molecule has 1 N–H and O–H groups in total. The van der Waals surface area contributed by atoms with E-state index in [-0.39, 0.29) is 5.60 Å². The van der Waals surface area contributed by atoms with Gasteiger partial charge in [-0.2, -0.15) is 0 Å². The second kappa shape index (κ2) is 7.27. The molecule has 1 aromatic rings. The molecule has 0 saturated heterocycles. The minimum Gasteiger partial charge on any atom is -0.491 e. The number of ether oxygens (including phenoxy) is 2. The Morgan fingerprint density at radius 1 is 1.21 bits per heavy atom. The van der Waals surface area contributed by atoms with Crippen LogP contribution in [0.25, 0.3) is 0 Å². The Kier molecular flexibility index (Phi) is 6.30. The number of rotatable bonds is 6. The summed E-state index contributed by atoms with van der Waals surface area (Å²) >= 11 is 3.52. The van der Waals surface area contributed by atoms with Gasteiger partial charge in [-0.15, -0.1) is 0 Å². The van der Waals surface area contributed by atoms with Gasteiger partial charge in [0.1, 0.15) is 12.4 Å². The molecule has 0 spiro atoms. The number of aryl methyl sites for hydroxylation is 1. The fourth-order valence-electron chi connectivity index (χ4n) is 1.82. The van der Waals surface area contributed by atoms with E-state index in [1.165, 1.54) is 0 Å². The van der Waals surface area contributed by atoms with E-state index in [1.807, 2.05) is 27.8 Å². The maximum atomic E-state index is 5.89. The zero-order valence-electron chi connectivity index (χ0n) is 12.5. The van der Waals surface area contributed by atoms with Crippen molar-refractivity contribution in [3.8, 4) is 5.75 Å². The van der Waals surface area contributed by atoms with E-state index in [1.54, 1.807) is 0 Å². The maximum Gasteiger partial charge on any atom is 0.126 e. The quantitative estimate of drug-likeness (QED) is 0.808. The summed E-state index contributed by atoms with van der Waals surface area (Å²) in [7, 11) is 1.93. The van der Waals surface area contributed by atoms with E-state index in [0.29, 0.717) is 13.2 Å². The topological polar surface area (TPSA) is 30.5 Å². The lowest BCUT2D eigenvalue weighted by Crippen LogP contribution is -2.22. The van der Waals surface area contributed by atoms with Crippen molar-refractivity contribution in [2.75, 3.05) is 20.3 Å². The Morgan fingerprint density at radius 3 is 2.47 bits per heavy atom. The Balaban J connectivity index is 2.66. The molecule has 1 rings (SSSR count). The van der Waals surface area contributed by atoms with Gasteiger partial charge in [-0.05, 0) is 52.4 Å². The zero-order valence-corrected chi connectivity index (χ0v) is 14.1. The van der Waals surface area contributed by atoms with Gasteiger partial charge >= 0.3 is 0 Å². The highest BCUT2D eigenvalue weighted by Gasteiger charge is 2.11. The summed E-state index contributed by atoms with van der Waals surface area (Å²) in [6.07, 6.45) is 0. The van der Waals surface area contributed by atoms with Crippen LogP contribution in [0.1, 0.15) is 31.9 Å². The first-order valence-corrected chi connectivity index (χ1v) is 7.33. The Morgan fingerprint density at radius 2 is 1.89 bits per heavy atom. The van der Waals surface area contributed by atoms with Crippen LogP contribution in [0.15, 0.2) is 16.6 Å². The van der Waals surface area contributed by atoms with Crippen molar-refractivity contribution < 1.29 is 9.47 Å². The van der Waals surface area contributed by atoms with Crippen molar-refractivity contribution in [2.45, 2.75) is 39.8 Å². The summed E-state index contributed by atoms with van der Waals surface area (Å²) in [6.45, 7) is 10.1. The van der Waals surface area contributed by atoms with Crippen LogP contribution < -0.4 is 10.1 Å². The molecule has 0 aliphatic carbocycles. The van der Waals surface area contributed by atoms with Gasteiger partial charge in [-0.1, -0.05) is 15.9 Å². The van der Waals surface area contributed by atoms with E-state index >= 15 is 0 Å². The summed E-state index contributed by atoms with van der Waals surface area (Å²) in [5, 5.41) is 3.16. The summed E-state index contributed by atoms with van der Waals surface area (Å²) in [6, 6.07) is 4.16. The van der Waals surface area contributed by atoms with Gasteiger partial charge in [-0.25, -0.2) is 0 Å². The highest BCUT2D eigenvalue weighted by molar-refractivity contribution is 9.10. The first-order chi connectivity index (χ1) is 8.83. The second-order valence-electron chi connectivity index (χ2n) is 5.55. The SMILES string of the molecule is CNCc1cc(Br)cc(C)c1OCCOC(C)(C)C. The largest absolute Gasteiger partial charge is 0.491 e. The highest BCUT2D eigenvalue weighted by Crippen LogP contribution is 2.28. The van der Waals surface area contributed by atoms with Crippen molar-refractivity contribution in [1.29, 1.82) is 0 Å². The van der Waals surface area contributed by atoms with Crippen LogP contribution in [0, 0.1) is 6.92 Å². The molecular weight excluding hydrogens is 306 g/mol. The van der Waals surface area contributed by atoms with Gasteiger partial charge in [0.25, 0.3) is 0 Å². The average molecular weight is 330 g/mol. The van der Waals surface area contributed by atoms with Crippen LogP contribution in [0.5, 0.6) is 5.75 Å². The number of halogens is 1. The molecule has 0 aliphatic heterocycles. The zero-order chi connectivity index (χ0) is 14.5. The molecule has 0 saturated carbocycles. The Hall–Kier alpha value is -0.580. The monoisotopic (exact) mass is 329 g/mol. The minimum atomic E-state index is -0.119. The molecule has 0 aliphatic rings. The summed E-state index contributed by atoms with van der Waals surface area (Å²) in [5.74, 6) is 0.954. The lowest BCUT2D eigenvalue weighted by molar-refractivity contribution is -0.0164. The molecular formula is C15H24BrNO2. The number of nitrogens with one attached hydrogen (secondary N) is 1. The maximum absolute atomic E-state index is 5.89. The summed E-state index contributed by atoms with van der Waals surface area (Å²) in [5.41, 5.74) is 2.17. The van der Waals surface area contributed by atoms with Crippen LogP contribution in [0.4, 0.5) is 0 Å². The lowest BCUT2D eigenvalue weighted by Gasteiger charge is -2.20. The van der Waals surface area contributed by atoms with Crippen LogP contribution in [0.3, 0.4) is 0 Å². The molecule has 0 amide bonds. The summed E-state index contributed by atoms with van der Waals surface area (Å²) in [4.78, 5) is 0. The number of hydrogen-bond donors (Lipinski definition) is 1. The number of benzene rings is 1. The summed E-state index contributed by atoms with van der Waals surface area (Å²) < 4.78 is 12.6. The van der Waals surface area contributed by atoms with E-state index in [2.05, 4.69) is 40.3 Å². The predicted octanol–water partition coefficient (Wildman–Crippen LogP) is 3.67. The number of hydrogen-bond acceptors (Lipinski definition) is 3. The molecule has 0 heterocycles. The normalized spacial score (nSPS) is 11.7. The van der Waals surface area contributed by atoms with Gasteiger partial charge < -0.3 is 14.8 Å². The molecule has 4 heteroatoms. The average Bonchev–Trinajstić information content (AvgIpc) is 2.25. The van der Waals surface area contributed by atoms with Crippen LogP contribution >= 0.6 is 15.9 Å². The molecule has 0 aromatic heterocycles. The molecule has 108 valence electrons. The first-order valence-electron chi connectivity index (χ1n) is 6.54. The fourth-order valence-corrected chi connectivity index (χ4v) is 2.44. The predicted molar refractivity (Wildman–Crippen MR) is 82.8 cm³/mol. The lowest BCUT2D eigenvalue weighted by atomic mass is 10.1.